The Labute approximate surface area is 150 Å². The minimum atomic E-state index is 0.368. The van der Waals surface area contributed by atoms with Gasteiger partial charge in [0, 0.05) is 34.8 Å². The van der Waals surface area contributed by atoms with E-state index < -0.39 is 0 Å². The van der Waals surface area contributed by atoms with Crippen LogP contribution in [0.1, 0.15) is 53.3 Å². The third kappa shape index (κ3) is 2.82. The molecule has 1 aromatic carbocycles. The first-order valence-corrected chi connectivity index (χ1v) is 10.0. The van der Waals surface area contributed by atoms with Crippen LogP contribution >= 0.6 is 27.7 Å². The van der Waals surface area contributed by atoms with Crippen molar-refractivity contribution in [3.63, 3.8) is 0 Å². The maximum Gasteiger partial charge on any atom is 0.128 e. The Balaban J connectivity index is 1.88. The largest absolute Gasteiger partial charge is 0.369 e. The Morgan fingerprint density at radius 2 is 2.13 bits per heavy atom. The summed E-state index contributed by atoms with van der Waals surface area (Å²) in [5.74, 6) is 1.88. The fraction of sp³-hybridized carbons (Fsp3) is 0.500. The Bertz CT molecular complexity index is 751. The highest BCUT2D eigenvalue weighted by Crippen LogP contribution is 2.51. The van der Waals surface area contributed by atoms with Crippen molar-refractivity contribution in [2.45, 2.75) is 43.1 Å². The molecule has 0 radical (unpaired) electrons. The number of anilines is 1. The molecule has 0 saturated heterocycles. The van der Waals surface area contributed by atoms with Crippen LogP contribution in [0, 0.1) is 6.92 Å². The lowest BCUT2D eigenvalue weighted by Crippen LogP contribution is -2.13. The van der Waals surface area contributed by atoms with Crippen LogP contribution < -0.4 is 5.32 Å². The van der Waals surface area contributed by atoms with Crippen LogP contribution in [0.15, 0.2) is 22.7 Å². The maximum absolute atomic E-state index is 4.88. The molecule has 4 rings (SSSR count). The van der Waals surface area contributed by atoms with E-state index in [0.717, 1.165) is 11.0 Å². The van der Waals surface area contributed by atoms with Gasteiger partial charge < -0.3 is 5.32 Å². The first-order chi connectivity index (χ1) is 11.0. The smallest absolute Gasteiger partial charge is 0.128 e. The molecule has 2 aliphatic rings. The molecule has 2 unspecified atom stereocenters. The van der Waals surface area contributed by atoms with Crippen molar-refractivity contribution in [2.24, 2.45) is 7.05 Å². The van der Waals surface area contributed by atoms with Crippen LogP contribution in [0.4, 0.5) is 5.82 Å². The number of aromatic nitrogens is 2. The number of aryl methyl sites for hydroxylation is 2. The predicted octanol–water partition coefficient (Wildman–Crippen LogP) is 5.01. The summed E-state index contributed by atoms with van der Waals surface area (Å²) >= 11 is 5.66. The van der Waals surface area contributed by atoms with Gasteiger partial charge in [-0.25, -0.2) is 0 Å². The highest BCUT2D eigenvalue weighted by Gasteiger charge is 2.37. The van der Waals surface area contributed by atoms with Crippen molar-refractivity contribution in [1.82, 2.24) is 9.78 Å². The first-order valence-electron chi connectivity index (χ1n) is 8.26. The molecule has 1 aliphatic heterocycles. The Morgan fingerprint density at radius 3 is 2.83 bits per heavy atom. The SMILES string of the molecule is Cc1cc(Br)ccc1C1SC(C)CNc2c1c(C1CC1)nn2C. The number of halogens is 1. The quantitative estimate of drug-likeness (QED) is 0.780. The lowest BCUT2D eigenvalue weighted by molar-refractivity contribution is 0.744. The van der Waals surface area contributed by atoms with E-state index in [4.69, 9.17) is 5.10 Å². The van der Waals surface area contributed by atoms with Gasteiger partial charge in [0.25, 0.3) is 0 Å². The minimum absolute atomic E-state index is 0.368. The molecule has 1 saturated carbocycles. The van der Waals surface area contributed by atoms with Crippen molar-refractivity contribution in [3.05, 3.63) is 45.1 Å². The molecule has 1 aliphatic carbocycles. The van der Waals surface area contributed by atoms with Gasteiger partial charge in [-0.2, -0.15) is 5.10 Å². The zero-order valence-electron chi connectivity index (χ0n) is 13.8. The van der Waals surface area contributed by atoms with E-state index in [9.17, 15) is 0 Å². The van der Waals surface area contributed by atoms with Gasteiger partial charge in [0.1, 0.15) is 5.82 Å². The molecule has 0 bridgehead atoms. The predicted molar refractivity (Wildman–Crippen MR) is 101 cm³/mol. The van der Waals surface area contributed by atoms with Gasteiger partial charge in [-0.3, -0.25) is 4.68 Å². The van der Waals surface area contributed by atoms with Gasteiger partial charge in [0.2, 0.25) is 0 Å². The summed E-state index contributed by atoms with van der Waals surface area (Å²) in [4.78, 5) is 0. The van der Waals surface area contributed by atoms with E-state index in [2.05, 4.69) is 76.8 Å². The normalized spacial score (nSPS) is 24.0. The Kier molecular flexibility index (Phi) is 3.96. The van der Waals surface area contributed by atoms with Gasteiger partial charge >= 0.3 is 0 Å². The topological polar surface area (TPSA) is 29.9 Å². The number of thioether (sulfide) groups is 1. The summed E-state index contributed by atoms with van der Waals surface area (Å²) in [6.07, 6.45) is 2.57. The second kappa shape index (κ2) is 5.85. The van der Waals surface area contributed by atoms with Crippen molar-refractivity contribution in [1.29, 1.82) is 0 Å². The standard InChI is InChI=1S/C18H22BrN3S/c1-10-8-13(19)6-7-14(10)17-15-16(12-4-5-12)21-22(3)18(15)20-9-11(2)23-17/h6-8,11-12,17,20H,4-5,9H2,1-3H3. The first kappa shape index (κ1) is 15.6. The van der Waals surface area contributed by atoms with Gasteiger partial charge in [-0.05, 0) is 43.0 Å². The number of fused-ring (bicyclic) bond motifs is 1. The van der Waals surface area contributed by atoms with Crippen LogP contribution in [0.3, 0.4) is 0 Å². The molecule has 0 spiro atoms. The van der Waals surface area contributed by atoms with Gasteiger partial charge in [-0.15, -0.1) is 11.8 Å². The van der Waals surface area contributed by atoms with Gasteiger partial charge in [0.15, 0.2) is 0 Å². The van der Waals surface area contributed by atoms with E-state index in [1.165, 1.54) is 41.0 Å². The number of hydrogen-bond acceptors (Lipinski definition) is 3. The van der Waals surface area contributed by atoms with E-state index in [0.29, 0.717) is 16.4 Å². The molecule has 1 fully saturated rings. The third-order valence-corrected chi connectivity index (χ3v) is 6.66. The molecule has 2 aromatic rings. The molecule has 3 nitrogen and oxygen atoms in total. The number of benzene rings is 1. The minimum Gasteiger partial charge on any atom is -0.369 e. The lowest BCUT2D eigenvalue weighted by Gasteiger charge is -2.21. The third-order valence-electron chi connectivity index (χ3n) is 4.78. The maximum atomic E-state index is 4.88. The molecule has 2 heterocycles. The Morgan fingerprint density at radius 1 is 1.35 bits per heavy atom. The number of nitrogens with one attached hydrogen (secondary N) is 1. The summed E-state index contributed by atoms with van der Waals surface area (Å²) in [7, 11) is 2.07. The van der Waals surface area contributed by atoms with Crippen molar-refractivity contribution < 1.29 is 0 Å². The highest BCUT2D eigenvalue weighted by atomic mass is 79.9. The van der Waals surface area contributed by atoms with Gasteiger partial charge in [0.05, 0.1) is 10.9 Å². The number of nitrogens with zero attached hydrogens (tertiary/aromatic N) is 2. The zero-order valence-corrected chi connectivity index (χ0v) is 16.2. The molecule has 1 N–H and O–H groups in total. The molecular weight excluding hydrogens is 370 g/mol. The van der Waals surface area contributed by atoms with Crippen LogP contribution in [0.2, 0.25) is 0 Å². The molecule has 0 amide bonds. The zero-order chi connectivity index (χ0) is 16.1. The second-order valence-electron chi connectivity index (χ2n) is 6.75. The second-order valence-corrected chi connectivity index (χ2v) is 9.22. The van der Waals surface area contributed by atoms with E-state index in [1.54, 1.807) is 0 Å². The van der Waals surface area contributed by atoms with Gasteiger partial charge in [-0.1, -0.05) is 28.9 Å². The average Bonchev–Trinajstić information content (AvgIpc) is 3.29. The highest BCUT2D eigenvalue weighted by molar-refractivity contribution is 9.10. The van der Waals surface area contributed by atoms with Crippen LogP contribution in [0.5, 0.6) is 0 Å². The molecule has 122 valence electrons. The average molecular weight is 392 g/mol. The summed E-state index contributed by atoms with van der Waals surface area (Å²) in [5.41, 5.74) is 5.52. The number of hydrogen-bond donors (Lipinski definition) is 1. The van der Waals surface area contributed by atoms with E-state index >= 15 is 0 Å². The monoisotopic (exact) mass is 391 g/mol. The fourth-order valence-corrected chi connectivity index (χ4v) is 5.34. The summed E-state index contributed by atoms with van der Waals surface area (Å²) in [6, 6.07) is 6.67. The van der Waals surface area contributed by atoms with Crippen LogP contribution in [-0.2, 0) is 7.05 Å². The van der Waals surface area contributed by atoms with Crippen molar-refractivity contribution >= 4 is 33.5 Å². The molecule has 2 atom stereocenters. The summed E-state index contributed by atoms with van der Waals surface area (Å²) in [5, 5.41) is 9.46. The van der Waals surface area contributed by atoms with Crippen LogP contribution in [0.25, 0.3) is 0 Å². The molecular formula is C18H22BrN3S. The molecule has 1 aromatic heterocycles. The Hall–Kier alpha value is -0.940. The van der Waals surface area contributed by atoms with Crippen molar-refractivity contribution in [3.8, 4) is 0 Å². The lowest BCUT2D eigenvalue weighted by atomic mass is 9.98. The molecule has 5 heteroatoms. The van der Waals surface area contributed by atoms with Crippen molar-refractivity contribution in [2.75, 3.05) is 11.9 Å². The van der Waals surface area contributed by atoms with E-state index in [-0.39, 0.29) is 0 Å². The number of rotatable bonds is 2. The summed E-state index contributed by atoms with van der Waals surface area (Å²) < 4.78 is 3.21. The fourth-order valence-electron chi connectivity index (χ4n) is 3.44. The summed E-state index contributed by atoms with van der Waals surface area (Å²) in [6.45, 7) is 5.53. The van der Waals surface area contributed by atoms with Crippen LogP contribution in [-0.4, -0.2) is 21.6 Å². The molecule has 23 heavy (non-hydrogen) atoms. The van der Waals surface area contributed by atoms with E-state index in [1.807, 2.05) is 0 Å².